The predicted molar refractivity (Wildman–Crippen MR) is 129 cm³/mol. The van der Waals surface area contributed by atoms with Crippen LogP contribution in [0.3, 0.4) is 0 Å². The Hall–Kier alpha value is -3.26. The van der Waals surface area contributed by atoms with Crippen molar-refractivity contribution in [3.63, 3.8) is 0 Å². The van der Waals surface area contributed by atoms with Gasteiger partial charge in [-0.3, -0.25) is 19.2 Å². The minimum Gasteiger partial charge on any atom is -0.426 e. The number of esters is 1. The molecule has 5 rings (SSSR count). The van der Waals surface area contributed by atoms with Crippen LogP contribution in [0.5, 0.6) is 5.75 Å². The van der Waals surface area contributed by atoms with E-state index in [1.165, 1.54) is 11.0 Å². The van der Waals surface area contributed by atoms with E-state index in [0.717, 1.165) is 10.2 Å². The van der Waals surface area contributed by atoms with Crippen molar-refractivity contribution in [2.75, 3.05) is 16.3 Å². The number of anilines is 2. The van der Waals surface area contributed by atoms with Gasteiger partial charge in [0.25, 0.3) is 0 Å². The number of halogens is 1. The molecule has 2 aromatic rings. The van der Waals surface area contributed by atoms with Gasteiger partial charge in [0.1, 0.15) is 5.75 Å². The molecule has 0 aromatic heterocycles. The third kappa shape index (κ3) is 3.96. The van der Waals surface area contributed by atoms with E-state index in [0.29, 0.717) is 12.1 Å². The van der Waals surface area contributed by atoms with Gasteiger partial charge in [0.15, 0.2) is 0 Å². The van der Waals surface area contributed by atoms with Gasteiger partial charge in [0.2, 0.25) is 17.7 Å². The largest absolute Gasteiger partial charge is 0.426 e. The molecule has 0 spiro atoms. The van der Waals surface area contributed by atoms with E-state index in [4.69, 9.17) is 4.74 Å². The number of amides is 3. The lowest BCUT2D eigenvalue weighted by Crippen LogP contribution is -2.31. The zero-order chi connectivity index (χ0) is 24.0. The molecule has 174 valence electrons. The maximum absolute atomic E-state index is 13.0. The number of fused-ring (bicyclic) bond motifs is 1. The first-order valence-electron chi connectivity index (χ1n) is 11.3. The Morgan fingerprint density at radius 3 is 2.53 bits per heavy atom. The minimum atomic E-state index is -0.607. The Morgan fingerprint density at radius 2 is 1.79 bits per heavy atom. The summed E-state index contributed by atoms with van der Waals surface area (Å²) >= 11 is 3.37. The summed E-state index contributed by atoms with van der Waals surface area (Å²) in [5.74, 6) is -2.20. The Kier molecular flexibility index (Phi) is 5.85. The smallest absolute Gasteiger partial charge is 0.316 e. The van der Waals surface area contributed by atoms with Crippen LogP contribution < -0.4 is 14.5 Å². The molecule has 2 aromatic carbocycles. The summed E-state index contributed by atoms with van der Waals surface area (Å²) in [4.78, 5) is 54.2. The topological polar surface area (TPSA) is 84.0 Å². The maximum Gasteiger partial charge on any atom is 0.316 e. The molecule has 0 N–H and O–H groups in total. The average molecular weight is 523 g/mol. The molecule has 8 heteroatoms. The highest BCUT2D eigenvalue weighted by Crippen LogP contribution is 2.41. The van der Waals surface area contributed by atoms with Crippen LogP contribution >= 0.6 is 15.9 Å². The van der Waals surface area contributed by atoms with Gasteiger partial charge in [-0.25, -0.2) is 4.90 Å². The lowest BCUT2D eigenvalue weighted by Gasteiger charge is -2.22. The average Bonchev–Trinajstić information content (AvgIpc) is 3.33. The quantitative estimate of drug-likeness (QED) is 0.261. The number of hydrogen-bond acceptors (Lipinski definition) is 5. The molecule has 2 aliphatic heterocycles. The molecule has 0 saturated carbocycles. The monoisotopic (exact) mass is 522 g/mol. The Labute approximate surface area is 205 Å². The van der Waals surface area contributed by atoms with Gasteiger partial charge in [-0.1, -0.05) is 41.1 Å². The van der Waals surface area contributed by atoms with Gasteiger partial charge in [-0.05, 0) is 48.7 Å². The first-order valence-corrected chi connectivity index (χ1v) is 12.0. The molecule has 0 bridgehead atoms. The predicted octanol–water partition coefficient (Wildman–Crippen LogP) is 4.11. The van der Waals surface area contributed by atoms with Crippen molar-refractivity contribution in [1.82, 2.24) is 0 Å². The van der Waals surface area contributed by atoms with E-state index in [9.17, 15) is 19.2 Å². The number of hydrogen-bond donors (Lipinski definition) is 0. The van der Waals surface area contributed by atoms with Crippen LogP contribution in [-0.4, -0.2) is 30.2 Å². The van der Waals surface area contributed by atoms with Crippen molar-refractivity contribution in [3.8, 4) is 5.75 Å². The Bertz CT molecular complexity index is 1210. The lowest BCUT2D eigenvalue weighted by molar-refractivity contribution is -0.139. The molecule has 2 saturated heterocycles. The van der Waals surface area contributed by atoms with Crippen LogP contribution in [0, 0.1) is 23.7 Å². The molecule has 7 nitrogen and oxygen atoms in total. The fourth-order valence-electron chi connectivity index (χ4n) is 5.02. The van der Waals surface area contributed by atoms with Crippen molar-refractivity contribution in [2.24, 2.45) is 23.7 Å². The third-order valence-corrected chi connectivity index (χ3v) is 7.29. The molecule has 3 aliphatic rings. The second-order valence-corrected chi connectivity index (χ2v) is 9.88. The van der Waals surface area contributed by atoms with Crippen molar-refractivity contribution >= 4 is 51.0 Å². The minimum absolute atomic E-state index is 0.00483. The van der Waals surface area contributed by atoms with Gasteiger partial charge in [-0.15, -0.1) is 0 Å². The van der Waals surface area contributed by atoms with Crippen LogP contribution in [0.1, 0.15) is 19.8 Å². The highest BCUT2D eigenvalue weighted by molar-refractivity contribution is 9.10. The third-order valence-electron chi connectivity index (χ3n) is 6.76. The number of nitrogens with zero attached hydrogens (tertiary/aromatic N) is 2. The van der Waals surface area contributed by atoms with Crippen LogP contribution in [-0.2, 0) is 19.2 Å². The van der Waals surface area contributed by atoms with Crippen molar-refractivity contribution < 1.29 is 23.9 Å². The number of imide groups is 1. The van der Waals surface area contributed by atoms with E-state index in [2.05, 4.69) is 15.9 Å². The zero-order valence-electron chi connectivity index (χ0n) is 18.5. The first-order chi connectivity index (χ1) is 16.3. The summed E-state index contributed by atoms with van der Waals surface area (Å²) in [5, 5.41) is 0. The number of carbonyl (C=O) groups excluding carboxylic acids is 4. The fraction of sp³-hybridized carbons (Fsp3) is 0.308. The van der Waals surface area contributed by atoms with Gasteiger partial charge in [-0.2, -0.15) is 0 Å². The summed E-state index contributed by atoms with van der Waals surface area (Å²) < 4.78 is 6.48. The Balaban J connectivity index is 1.30. The number of allylic oxidation sites excluding steroid dienone is 2. The van der Waals surface area contributed by atoms with E-state index in [-0.39, 0.29) is 54.2 Å². The summed E-state index contributed by atoms with van der Waals surface area (Å²) in [6, 6.07) is 13.8. The van der Waals surface area contributed by atoms with Crippen molar-refractivity contribution in [2.45, 2.75) is 19.8 Å². The number of carbonyl (C=O) groups is 4. The van der Waals surface area contributed by atoms with E-state index in [1.54, 1.807) is 23.1 Å². The fourth-order valence-corrected chi connectivity index (χ4v) is 5.29. The SMILES string of the molecule is C[C@@H]1C=CC[C@@H]2C(=O)N(c3cccc(OC(=O)[C@H]4CC(=O)N(c5ccc(Br)cc5)C4)c3)C(=O)[C@H]12. The van der Waals surface area contributed by atoms with E-state index < -0.39 is 11.9 Å². The standard InChI is InChI=1S/C26H23BrN2O5/c1-15-4-2-7-21-23(15)25(32)29(24(21)31)19-5-3-6-20(13-19)34-26(33)16-12-22(30)28(14-16)18-10-8-17(27)9-11-18/h2-6,8-11,13,15-16,21,23H,7,12,14H2,1H3/t15-,16+,21+,23-/m1/s1. The van der Waals surface area contributed by atoms with Crippen LogP contribution in [0.4, 0.5) is 11.4 Å². The summed E-state index contributed by atoms with van der Waals surface area (Å²) in [6.07, 6.45) is 4.55. The number of rotatable bonds is 4. The summed E-state index contributed by atoms with van der Waals surface area (Å²) in [6.45, 7) is 2.18. The van der Waals surface area contributed by atoms with Gasteiger partial charge in [0, 0.05) is 29.2 Å². The van der Waals surface area contributed by atoms with Gasteiger partial charge >= 0.3 is 5.97 Å². The maximum atomic E-state index is 13.0. The summed E-state index contributed by atoms with van der Waals surface area (Å²) in [7, 11) is 0. The highest BCUT2D eigenvalue weighted by Gasteiger charge is 2.50. The molecule has 2 fully saturated rings. The van der Waals surface area contributed by atoms with Gasteiger partial charge < -0.3 is 9.64 Å². The normalized spacial score (nSPS) is 26.2. The Morgan fingerprint density at radius 1 is 1.03 bits per heavy atom. The molecule has 3 amide bonds. The number of ether oxygens (including phenoxy) is 1. The lowest BCUT2D eigenvalue weighted by atomic mass is 9.78. The molecule has 2 heterocycles. The molecular weight excluding hydrogens is 500 g/mol. The molecule has 4 atom stereocenters. The molecule has 1 aliphatic carbocycles. The summed E-state index contributed by atoms with van der Waals surface area (Å²) in [5.41, 5.74) is 1.11. The van der Waals surface area contributed by atoms with Crippen LogP contribution in [0.2, 0.25) is 0 Å². The molecule has 0 unspecified atom stereocenters. The van der Waals surface area contributed by atoms with Crippen molar-refractivity contribution in [1.29, 1.82) is 0 Å². The molecular formula is C26H23BrN2O5. The number of benzene rings is 2. The first kappa shape index (κ1) is 22.5. The second kappa shape index (κ2) is 8.83. The van der Waals surface area contributed by atoms with E-state index in [1.807, 2.05) is 43.3 Å². The van der Waals surface area contributed by atoms with Crippen LogP contribution in [0.15, 0.2) is 65.2 Å². The van der Waals surface area contributed by atoms with Crippen LogP contribution in [0.25, 0.3) is 0 Å². The van der Waals surface area contributed by atoms with Gasteiger partial charge in [0.05, 0.1) is 23.4 Å². The molecule has 34 heavy (non-hydrogen) atoms. The van der Waals surface area contributed by atoms with Crippen molar-refractivity contribution in [3.05, 3.63) is 65.2 Å². The van der Waals surface area contributed by atoms with E-state index >= 15 is 0 Å². The molecule has 0 radical (unpaired) electrons. The highest BCUT2D eigenvalue weighted by atomic mass is 79.9. The zero-order valence-corrected chi connectivity index (χ0v) is 20.1. The second-order valence-electron chi connectivity index (χ2n) is 8.97.